The first kappa shape index (κ1) is 8.97. The number of nitrogens with zero attached hydrogens (tertiary/aromatic N) is 1. The summed E-state index contributed by atoms with van der Waals surface area (Å²) in [6.45, 7) is 3.86. The van der Waals surface area contributed by atoms with E-state index < -0.39 is 0 Å². The van der Waals surface area contributed by atoms with Crippen LogP contribution in [0.25, 0.3) is 0 Å². The quantitative estimate of drug-likeness (QED) is 0.628. The molecule has 0 aliphatic carbocycles. The van der Waals surface area contributed by atoms with Crippen molar-refractivity contribution in [2.24, 2.45) is 5.73 Å². The lowest BCUT2D eigenvalue weighted by molar-refractivity contribution is 0.142. The Morgan fingerprint density at radius 1 is 1.64 bits per heavy atom. The van der Waals surface area contributed by atoms with E-state index in [-0.39, 0.29) is 0 Å². The van der Waals surface area contributed by atoms with Gasteiger partial charge in [0.2, 0.25) is 0 Å². The van der Waals surface area contributed by atoms with Gasteiger partial charge in [-0.25, -0.2) is 0 Å². The molecule has 3 heteroatoms. The SMILES string of the molecule is COCCN1CCC[C@@H]1CN. The molecule has 11 heavy (non-hydrogen) atoms. The molecular formula is C8H18N2O. The summed E-state index contributed by atoms with van der Waals surface area (Å²) in [4.78, 5) is 2.42. The summed E-state index contributed by atoms with van der Waals surface area (Å²) in [5.41, 5.74) is 5.61. The Hall–Kier alpha value is -0.120. The van der Waals surface area contributed by atoms with E-state index in [0.29, 0.717) is 6.04 Å². The predicted molar refractivity (Wildman–Crippen MR) is 45.5 cm³/mol. The van der Waals surface area contributed by atoms with Gasteiger partial charge in [-0.15, -0.1) is 0 Å². The summed E-state index contributed by atoms with van der Waals surface area (Å²) in [7, 11) is 1.74. The maximum atomic E-state index is 5.61. The minimum Gasteiger partial charge on any atom is -0.383 e. The van der Waals surface area contributed by atoms with E-state index in [1.54, 1.807) is 7.11 Å². The highest BCUT2D eigenvalue weighted by atomic mass is 16.5. The van der Waals surface area contributed by atoms with Crippen molar-refractivity contribution < 1.29 is 4.74 Å². The van der Waals surface area contributed by atoms with Gasteiger partial charge in [-0.05, 0) is 19.4 Å². The monoisotopic (exact) mass is 158 g/mol. The van der Waals surface area contributed by atoms with E-state index in [4.69, 9.17) is 10.5 Å². The maximum absolute atomic E-state index is 5.61. The van der Waals surface area contributed by atoms with Crippen LogP contribution >= 0.6 is 0 Å². The molecule has 3 nitrogen and oxygen atoms in total. The third kappa shape index (κ3) is 2.43. The molecule has 0 aromatic heterocycles. The molecule has 1 heterocycles. The predicted octanol–water partition coefficient (Wildman–Crippen LogP) is 0.0559. The van der Waals surface area contributed by atoms with Crippen LogP contribution in [-0.4, -0.2) is 44.3 Å². The standard InChI is InChI=1S/C8H18N2O/c1-11-6-5-10-4-2-3-8(10)7-9/h8H,2-7,9H2,1H3/t8-/m1/s1. The van der Waals surface area contributed by atoms with E-state index >= 15 is 0 Å². The zero-order valence-electron chi connectivity index (χ0n) is 7.25. The summed E-state index contributed by atoms with van der Waals surface area (Å²) in [5, 5.41) is 0. The first-order valence-corrected chi connectivity index (χ1v) is 4.31. The largest absolute Gasteiger partial charge is 0.383 e. The molecule has 0 aromatic carbocycles. The van der Waals surface area contributed by atoms with Gasteiger partial charge < -0.3 is 10.5 Å². The Kier molecular flexibility index (Phi) is 3.83. The fraction of sp³-hybridized carbons (Fsp3) is 1.00. The Morgan fingerprint density at radius 2 is 2.45 bits per heavy atom. The van der Waals surface area contributed by atoms with Gasteiger partial charge in [-0.2, -0.15) is 0 Å². The van der Waals surface area contributed by atoms with Crippen molar-refractivity contribution in [2.45, 2.75) is 18.9 Å². The van der Waals surface area contributed by atoms with Gasteiger partial charge in [0.15, 0.2) is 0 Å². The number of hydrogen-bond acceptors (Lipinski definition) is 3. The molecule has 1 aliphatic heterocycles. The minimum atomic E-state index is 0.616. The van der Waals surface area contributed by atoms with Crippen molar-refractivity contribution in [3.8, 4) is 0 Å². The topological polar surface area (TPSA) is 38.5 Å². The van der Waals surface area contributed by atoms with Crippen LogP contribution in [0.3, 0.4) is 0 Å². The van der Waals surface area contributed by atoms with Gasteiger partial charge in [-0.3, -0.25) is 4.90 Å². The highest BCUT2D eigenvalue weighted by Gasteiger charge is 2.21. The normalized spacial score (nSPS) is 26.2. The number of likely N-dealkylation sites (tertiary alicyclic amines) is 1. The Bertz CT molecular complexity index is 108. The van der Waals surface area contributed by atoms with Crippen molar-refractivity contribution in [1.29, 1.82) is 0 Å². The van der Waals surface area contributed by atoms with E-state index in [1.807, 2.05) is 0 Å². The van der Waals surface area contributed by atoms with Crippen LogP contribution in [0.2, 0.25) is 0 Å². The zero-order chi connectivity index (χ0) is 8.10. The van der Waals surface area contributed by atoms with Crippen molar-refractivity contribution >= 4 is 0 Å². The molecule has 2 N–H and O–H groups in total. The van der Waals surface area contributed by atoms with Gasteiger partial charge in [0, 0.05) is 26.2 Å². The van der Waals surface area contributed by atoms with Crippen LogP contribution < -0.4 is 5.73 Å². The van der Waals surface area contributed by atoms with E-state index in [1.165, 1.54) is 19.4 Å². The molecule has 0 amide bonds. The molecule has 0 radical (unpaired) electrons. The highest BCUT2D eigenvalue weighted by Crippen LogP contribution is 2.14. The van der Waals surface area contributed by atoms with Gasteiger partial charge in [0.05, 0.1) is 6.61 Å². The van der Waals surface area contributed by atoms with Crippen LogP contribution in [0.5, 0.6) is 0 Å². The highest BCUT2D eigenvalue weighted by molar-refractivity contribution is 4.79. The molecule has 1 saturated heterocycles. The third-order valence-electron chi connectivity index (χ3n) is 2.35. The summed E-state index contributed by atoms with van der Waals surface area (Å²) in [6.07, 6.45) is 2.56. The number of hydrogen-bond donors (Lipinski definition) is 1. The third-order valence-corrected chi connectivity index (χ3v) is 2.35. The zero-order valence-corrected chi connectivity index (χ0v) is 7.25. The van der Waals surface area contributed by atoms with Gasteiger partial charge in [0.1, 0.15) is 0 Å². The summed E-state index contributed by atoms with van der Waals surface area (Å²) in [6, 6.07) is 0.616. The lowest BCUT2D eigenvalue weighted by atomic mass is 10.2. The second-order valence-corrected chi connectivity index (χ2v) is 3.06. The molecule has 1 aliphatic rings. The number of nitrogens with two attached hydrogens (primary N) is 1. The van der Waals surface area contributed by atoms with Crippen LogP contribution in [0.15, 0.2) is 0 Å². The van der Waals surface area contributed by atoms with Gasteiger partial charge >= 0.3 is 0 Å². The van der Waals surface area contributed by atoms with Crippen LogP contribution in [0.4, 0.5) is 0 Å². The molecule has 0 bridgehead atoms. The minimum absolute atomic E-state index is 0.616. The second kappa shape index (κ2) is 4.70. The maximum Gasteiger partial charge on any atom is 0.0589 e. The molecule has 0 unspecified atom stereocenters. The van der Waals surface area contributed by atoms with Gasteiger partial charge in [0.25, 0.3) is 0 Å². The first-order valence-electron chi connectivity index (χ1n) is 4.31. The summed E-state index contributed by atoms with van der Waals surface area (Å²) in [5.74, 6) is 0. The fourth-order valence-electron chi connectivity index (χ4n) is 1.66. The molecular weight excluding hydrogens is 140 g/mol. The van der Waals surface area contributed by atoms with Crippen molar-refractivity contribution in [2.75, 3.05) is 33.4 Å². The molecule has 0 saturated carbocycles. The lowest BCUT2D eigenvalue weighted by Gasteiger charge is -2.22. The van der Waals surface area contributed by atoms with Crippen LogP contribution in [0, 0.1) is 0 Å². The number of ether oxygens (including phenoxy) is 1. The van der Waals surface area contributed by atoms with Crippen molar-refractivity contribution in [3.05, 3.63) is 0 Å². The Morgan fingerprint density at radius 3 is 3.09 bits per heavy atom. The molecule has 1 atom stereocenters. The van der Waals surface area contributed by atoms with Gasteiger partial charge in [-0.1, -0.05) is 0 Å². The fourth-order valence-corrected chi connectivity index (χ4v) is 1.66. The van der Waals surface area contributed by atoms with Crippen LogP contribution in [0.1, 0.15) is 12.8 Å². The van der Waals surface area contributed by atoms with Crippen molar-refractivity contribution in [3.63, 3.8) is 0 Å². The van der Waals surface area contributed by atoms with E-state index in [2.05, 4.69) is 4.90 Å². The van der Waals surface area contributed by atoms with Crippen LogP contribution in [-0.2, 0) is 4.74 Å². The van der Waals surface area contributed by atoms with Crippen molar-refractivity contribution in [1.82, 2.24) is 4.90 Å². The Balaban J connectivity index is 2.20. The van der Waals surface area contributed by atoms with E-state index in [9.17, 15) is 0 Å². The second-order valence-electron chi connectivity index (χ2n) is 3.06. The average molecular weight is 158 g/mol. The molecule has 0 spiro atoms. The lowest BCUT2D eigenvalue weighted by Crippen LogP contribution is -2.37. The molecule has 1 rings (SSSR count). The molecule has 0 aromatic rings. The number of methoxy groups -OCH3 is 1. The summed E-state index contributed by atoms with van der Waals surface area (Å²) >= 11 is 0. The van der Waals surface area contributed by atoms with E-state index in [0.717, 1.165) is 19.7 Å². The average Bonchev–Trinajstić information content (AvgIpc) is 2.47. The molecule has 1 fully saturated rings. The number of rotatable bonds is 4. The smallest absolute Gasteiger partial charge is 0.0589 e. The Labute approximate surface area is 68.5 Å². The first-order chi connectivity index (χ1) is 5.38. The molecule has 66 valence electrons. The summed E-state index contributed by atoms with van der Waals surface area (Å²) < 4.78 is 5.01.